The Bertz CT molecular complexity index is 443. The lowest BCUT2D eigenvalue weighted by molar-refractivity contribution is -0.277. The first-order valence-electron chi connectivity index (χ1n) is 5.92. The standard InChI is InChI=1S/C12H16O8/c13-4-8-9(16)10(17)11(18)12(20-8)19-7-2-5(14)1-6(15)3-7/h1-3,8-18H,4H2/t8?,9?,10-,11?,12?/m0/s1. The fourth-order valence-electron chi connectivity index (χ4n) is 1.93. The highest BCUT2D eigenvalue weighted by molar-refractivity contribution is 5.40. The van der Waals surface area contributed by atoms with Crippen molar-refractivity contribution in [2.45, 2.75) is 30.7 Å². The molecule has 1 aromatic carbocycles. The fraction of sp³-hybridized carbons (Fsp3) is 0.500. The molecule has 1 saturated heterocycles. The Morgan fingerprint density at radius 2 is 1.55 bits per heavy atom. The maximum absolute atomic E-state index is 9.75. The van der Waals surface area contributed by atoms with Crippen molar-refractivity contribution < 1.29 is 40.1 Å². The Labute approximate surface area is 114 Å². The molecule has 1 aromatic rings. The highest BCUT2D eigenvalue weighted by Crippen LogP contribution is 2.29. The van der Waals surface area contributed by atoms with Gasteiger partial charge >= 0.3 is 0 Å². The molecule has 0 aromatic heterocycles. The summed E-state index contributed by atoms with van der Waals surface area (Å²) < 4.78 is 10.3. The second-order valence-corrected chi connectivity index (χ2v) is 4.50. The van der Waals surface area contributed by atoms with E-state index in [0.717, 1.165) is 6.07 Å². The van der Waals surface area contributed by atoms with Crippen LogP contribution >= 0.6 is 0 Å². The Morgan fingerprint density at radius 3 is 2.10 bits per heavy atom. The van der Waals surface area contributed by atoms with E-state index in [1.807, 2.05) is 0 Å². The molecule has 2 rings (SSSR count). The average Bonchev–Trinajstić information content (AvgIpc) is 2.38. The maximum atomic E-state index is 9.75. The molecule has 5 atom stereocenters. The number of aliphatic hydroxyl groups is 4. The van der Waals surface area contributed by atoms with E-state index in [2.05, 4.69) is 0 Å². The quantitative estimate of drug-likeness (QED) is 0.386. The van der Waals surface area contributed by atoms with Gasteiger partial charge in [-0.15, -0.1) is 0 Å². The molecule has 20 heavy (non-hydrogen) atoms. The van der Waals surface area contributed by atoms with Crippen LogP contribution in [0.5, 0.6) is 17.2 Å². The van der Waals surface area contributed by atoms with Crippen LogP contribution in [-0.4, -0.2) is 68.0 Å². The molecule has 1 aliphatic rings. The van der Waals surface area contributed by atoms with E-state index >= 15 is 0 Å². The van der Waals surface area contributed by atoms with E-state index in [9.17, 15) is 25.5 Å². The third-order valence-electron chi connectivity index (χ3n) is 2.98. The van der Waals surface area contributed by atoms with Crippen molar-refractivity contribution in [1.29, 1.82) is 0 Å². The predicted molar refractivity (Wildman–Crippen MR) is 64.2 cm³/mol. The molecule has 0 saturated carbocycles. The molecule has 0 spiro atoms. The van der Waals surface area contributed by atoms with Crippen molar-refractivity contribution >= 4 is 0 Å². The van der Waals surface area contributed by atoms with Gasteiger partial charge in [-0.05, 0) is 0 Å². The van der Waals surface area contributed by atoms with Crippen LogP contribution in [0.2, 0.25) is 0 Å². The van der Waals surface area contributed by atoms with Crippen molar-refractivity contribution in [3.05, 3.63) is 18.2 Å². The summed E-state index contributed by atoms with van der Waals surface area (Å²) in [7, 11) is 0. The van der Waals surface area contributed by atoms with E-state index in [4.69, 9.17) is 14.6 Å². The van der Waals surface area contributed by atoms with Crippen molar-refractivity contribution in [1.82, 2.24) is 0 Å². The average molecular weight is 288 g/mol. The molecule has 4 unspecified atom stereocenters. The van der Waals surface area contributed by atoms with Gasteiger partial charge in [0.2, 0.25) is 6.29 Å². The topological polar surface area (TPSA) is 140 Å². The first kappa shape index (κ1) is 14.8. The van der Waals surface area contributed by atoms with E-state index < -0.39 is 37.3 Å². The lowest BCUT2D eigenvalue weighted by Crippen LogP contribution is -2.60. The van der Waals surface area contributed by atoms with Crippen LogP contribution in [0, 0.1) is 0 Å². The van der Waals surface area contributed by atoms with E-state index in [1.165, 1.54) is 12.1 Å². The summed E-state index contributed by atoms with van der Waals surface area (Å²) in [4.78, 5) is 0. The monoisotopic (exact) mass is 288 g/mol. The third kappa shape index (κ3) is 2.94. The molecule has 8 nitrogen and oxygen atoms in total. The normalized spacial score (nSPS) is 33.9. The van der Waals surface area contributed by atoms with E-state index in [0.29, 0.717) is 0 Å². The molecule has 0 radical (unpaired) electrons. The number of benzene rings is 1. The van der Waals surface area contributed by atoms with Gasteiger partial charge in [-0.3, -0.25) is 0 Å². The van der Waals surface area contributed by atoms with Gasteiger partial charge in [-0.1, -0.05) is 0 Å². The van der Waals surface area contributed by atoms with Gasteiger partial charge in [0.05, 0.1) is 6.61 Å². The van der Waals surface area contributed by atoms with Gasteiger partial charge in [0.1, 0.15) is 41.7 Å². The number of hydrogen-bond donors (Lipinski definition) is 6. The second-order valence-electron chi connectivity index (χ2n) is 4.50. The van der Waals surface area contributed by atoms with Crippen LogP contribution in [-0.2, 0) is 4.74 Å². The lowest BCUT2D eigenvalue weighted by Gasteiger charge is -2.39. The van der Waals surface area contributed by atoms with Crippen molar-refractivity contribution in [2.24, 2.45) is 0 Å². The molecule has 0 aliphatic carbocycles. The molecular formula is C12H16O8. The zero-order chi connectivity index (χ0) is 14.9. The van der Waals surface area contributed by atoms with Gasteiger partial charge < -0.3 is 40.1 Å². The molecule has 1 fully saturated rings. The molecule has 1 aliphatic heterocycles. The van der Waals surface area contributed by atoms with E-state index in [-0.39, 0.29) is 17.2 Å². The molecule has 112 valence electrons. The number of rotatable bonds is 3. The maximum Gasteiger partial charge on any atom is 0.229 e. The van der Waals surface area contributed by atoms with Crippen LogP contribution in [0.15, 0.2) is 18.2 Å². The fourth-order valence-corrected chi connectivity index (χ4v) is 1.93. The van der Waals surface area contributed by atoms with Gasteiger partial charge in [-0.25, -0.2) is 0 Å². The van der Waals surface area contributed by atoms with Gasteiger partial charge in [0.25, 0.3) is 0 Å². The summed E-state index contributed by atoms with van der Waals surface area (Å²) in [6.45, 7) is -0.573. The third-order valence-corrected chi connectivity index (χ3v) is 2.98. The number of phenols is 2. The highest BCUT2D eigenvalue weighted by Gasteiger charge is 2.44. The van der Waals surface area contributed by atoms with Crippen molar-refractivity contribution in [2.75, 3.05) is 6.61 Å². The molecule has 6 N–H and O–H groups in total. The van der Waals surface area contributed by atoms with Crippen LogP contribution in [0.1, 0.15) is 0 Å². The molecule has 0 amide bonds. The number of aliphatic hydroxyl groups excluding tert-OH is 4. The van der Waals surface area contributed by atoms with Crippen LogP contribution < -0.4 is 4.74 Å². The molecule has 8 heteroatoms. The first-order chi connectivity index (χ1) is 9.42. The largest absolute Gasteiger partial charge is 0.508 e. The first-order valence-corrected chi connectivity index (χ1v) is 5.92. The predicted octanol–water partition coefficient (Wildman–Crippen LogP) is -1.72. The van der Waals surface area contributed by atoms with Gasteiger partial charge in [0, 0.05) is 18.2 Å². The zero-order valence-corrected chi connectivity index (χ0v) is 10.3. The Kier molecular flexibility index (Phi) is 4.31. The summed E-state index contributed by atoms with van der Waals surface area (Å²) in [6, 6.07) is 3.42. The summed E-state index contributed by atoms with van der Waals surface area (Å²) in [5.41, 5.74) is 0. The van der Waals surface area contributed by atoms with E-state index in [1.54, 1.807) is 0 Å². The number of ether oxygens (including phenoxy) is 2. The Hall–Kier alpha value is -1.58. The van der Waals surface area contributed by atoms with Gasteiger partial charge in [0.15, 0.2) is 0 Å². The SMILES string of the molecule is OCC1OC(Oc2cc(O)cc(O)c2)C(O)[C@@H](O)C1O. The summed E-state index contributed by atoms with van der Waals surface area (Å²) >= 11 is 0. The minimum absolute atomic E-state index is 0.00757. The Balaban J connectivity index is 2.15. The molecule has 1 heterocycles. The van der Waals surface area contributed by atoms with Crippen LogP contribution in [0.4, 0.5) is 0 Å². The second kappa shape index (κ2) is 5.81. The smallest absolute Gasteiger partial charge is 0.229 e. The molecule has 0 bridgehead atoms. The minimum Gasteiger partial charge on any atom is -0.508 e. The lowest BCUT2D eigenvalue weighted by atomic mass is 9.99. The zero-order valence-electron chi connectivity index (χ0n) is 10.3. The van der Waals surface area contributed by atoms with Crippen LogP contribution in [0.25, 0.3) is 0 Å². The van der Waals surface area contributed by atoms with Gasteiger partial charge in [-0.2, -0.15) is 0 Å². The van der Waals surface area contributed by atoms with Crippen LogP contribution in [0.3, 0.4) is 0 Å². The number of hydrogen-bond acceptors (Lipinski definition) is 8. The summed E-state index contributed by atoms with van der Waals surface area (Å²) in [5.74, 6) is -0.527. The summed E-state index contributed by atoms with van der Waals surface area (Å²) in [6.07, 6.45) is -7.06. The molecular weight excluding hydrogens is 272 g/mol. The van der Waals surface area contributed by atoms with Crippen molar-refractivity contribution in [3.8, 4) is 17.2 Å². The van der Waals surface area contributed by atoms with Crippen molar-refractivity contribution in [3.63, 3.8) is 0 Å². The Morgan fingerprint density at radius 1 is 0.950 bits per heavy atom. The highest BCUT2D eigenvalue weighted by atomic mass is 16.7. The summed E-state index contributed by atoms with van der Waals surface area (Å²) in [5, 5.41) is 56.6. The number of phenolic OH excluding ortho intramolecular Hbond substituents is 2. The number of aromatic hydroxyl groups is 2. The minimum atomic E-state index is -1.56.